The van der Waals surface area contributed by atoms with Gasteiger partial charge in [0, 0.05) is 13.7 Å². The number of aliphatic imine (C=N–C) groups is 1. The van der Waals surface area contributed by atoms with E-state index < -0.39 is 11.7 Å². The Labute approximate surface area is 126 Å². The number of nitrogens with zero attached hydrogens (tertiary/aromatic N) is 3. The normalized spacial score (nSPS) is 13.3. The Balaban J connectivity index is 0.00000264. The molecule has 1 heterocycles. The molecule has 0 aliphatic carbocycles. The summed E-state index contributed by atoms with van der Waals surface area (Å²) in [4.78, 5) is 11.7. The Bertz CT molecular complexity index is 658. The Kier molecular flexibility index (Phi) is 4.59. The number of alkyl halides is 3. The van der Waals surface area contributed by atoms with Crippen molar-refractivity contribution in [1.29, 1.82) is 0 Å². The maximum absolute atomic E-state index is 12.5. The fraction of sp³-hybridized carbons (Fsp3) is 0.214. The van der Waals surface area contributed by atoms with E-state index in [1.54, 1.807) is 6.07 Å². The largest absolute Gasteiger partial charge is 0.416 e. The molecule has 0 aliphatic heterocycles. The average Bonchev–Trinajstić information content (AvgIpc) is 2.47. The Morgan fingerprint density at radius 1 is 1.27 bits per heavy atom. The van der Waals surface area contributed by atoms with Crippen LogP contribution in [0.3, 0.4) is 0 Å². The van der Waals surface area contributed by atoms with Crippen LogP contribution in [0.2, 0.25) is 0 Å². The van der Waals surface area contributed by atoms with Crippen molar-refractivity contribution < 1.29 is 14.6 Å². The van der Waals surface area contributed by atoms with Gasteiger partial charge in [-0.3, -0.25) is 0 Å². The highest BCUT2D eigenvalue weighted by molar-refractivity contribution is 5.56. The van der Waals surface area contributed by atoms with E-state index in [1.807, 2.05) is 6.92 Å². The molecule has 2 rings (SSSR count). The van der Waals surface area contributed by atoms with E-state index in [9.17, 15) is 13.2 Å². The van der Waals surface area contributed by atoms with Gasteiger partial charge in [-0.1, -0.05) is 12.1 Å². The summed E-state index contributed by atoms with van der Waals surface area (Å²) < 4.78 is 37.6. The predicted octanol–water partition coefficient (Wildman–Crippen LogP) is 3.53. The van der Waals surface area contributed by atoms with Gasteiger partial charge in [0.25, 0.3) is 5.95 Å². The summed E-state index contributed by atoms with van der Waals surface area (Å²) >= 11 is 0. The van der Waals surface area contributed by atoms with Gasteiger partial charge in [-0.05, 0) is 30.7 Å². The van der Waals surface area contributed by atoms with Crippen LogP contribution in [-0.2, 0) is 6.18 Å². The van der Waals surface area contributed by atoms with E-state index in [-0.39, 0.29) is 13.4 Å². The molecule has 1 aromatic carbocycles. The van der Waals surface area contributed by atoms with Crippen molar-refractivity contribution in [2.24, 2.45) is 10.7 Å². The lowest BCUT2D eigenvalue weighted by atomic mass is 10.1. The topological polar surface area (TPSA) is 76.2 Å². The zero-order valence-corrected chi connectivity index (χ0v) is 11.7. The second-order valence-electron chi connectivity index (χ2n) is 4.51. The van der Waals surface area contributed by atoms with Crippen molar-refractivity contribution in [2.75, 3.05) is 5.32 Å². The highest BCUT2D eigenvalue weighted by Crippen LogP contribution is 2.30. The van der Waals surface area contributed by atoms with Crippen molar-refractivity contribution in [3.8, 4) is 0 Å². The number of nitrogens with one attached hydrogen (secondary N) is 1. The molecule has 118 valence electrons. The molecule has 1 unspecified atom stereocenters. The number of hydrogen-bond acceptors (Lipinski definition) is 4. The van der Waals surface area contributed by atoms with Gasteiger partial charge < -0.3 is 11.1 Å². The first kappa shape index (κ1) is 15.7. The van der Waals surface area contributed by atoms with Crippen LogP contribution in [0.4, 0.5) is 24.9 Å². The number of aromatic nitrogens is 2. The number of hydrogen-bond donors (Lipinski definition) is 2. The molecule has 0 fully saturated rings. The van der Waals surface area contributed by atoms with Gasteiger partial charge in [0.2, 0.25) is 0 Å². The molecule has 1 aromatic heterocycles. The van der Waals surface area contributed by atoms with Crippen LogP contribution < -0.4 is 11.1 Å². The molecule has 0 saturated heterocycles. The van der Waals surface area contributed by atoms with Crippen LogP contribution in [0.5, 0.6) is 0 Å². The van der Waals surface area contributed by atoms with Crippen LogP contribution in [0, 0.1) is 0 Å². The average molecular weight is 311 g/mol. The molecule has 0 spiro atoms. The predicted molar refractivity (Wildman–Crippen MR) is 80.0 cm³/mol. The van der Waals surface area contributed by atoms with Gasteiger partial charge in [-0.2, -0.15) is 18.2 Å². The van der Waals surface area contributed by atoms with Gasteiger partial charge in [0.05, 0.1) is 11.9 Å². The monoisotopic (exact) mass is 311 g/mol. The smallest absolute Gasteiger partial charge is 0.390 e. The third-order valence-electron chi connectivity index (χ3n) is 2.94. The molecule has 0 bridgehead atoms. The highest BCUT2D eigenvalue weighted by Gasteiger charge is 2.30. The number of halogens is 3. The van der Waals surface area contributed by atoms with Gasteiger partial charge in [0.1, 0.15) is 5.82 Å². The molecule has 0 amide bonds. The molecule has 22 heavy (non-hydrogen) atoms. The Morgan fingerprint density at radius 3 is 2.55 bits per heavy atom. The van der Waals surface area contributed by atoms with Crippen LogP contribution >= 0.6 is 0 Å². The lowest BCUT2D eigenvalue weighted by molar-refractivity contribution is -0.137. The summed E-state index contributed by atoms with van der Waals surface area (Å²) in [6.45, 7) is 1.82. The third kappa shape index (κ3) is 3.94. The summed E-state index contributed by atoms with van der Waals surface area (Å²) in [5.74, 6) is 0.704. The second-order valence-corrected chi connectivity index (χ2v) is 4.51. The SMILES string of the molecule is CC(Nc1ccnc(/N=C\N)n1)c1ccc(C(F)(F)F)cc1.[HH]. The minimum absolute atomic E-state index is 0. The Hall–Kier alpha value is -2.64. The van der Waals surface area contributed by atoms with E-state index in [1.165, 1.54) is 18.3 Å². The standard InChI is InChI=1S/C14H14F3N5.H2/c1-9(10-2-4-11(5-3-10)14(15,16)17)21-12-6-7-19-13(22-12)20-8-18;/h2-9H,1H3,(H3,18,19,20,21,22);1H. The summed E-state index contributed by atoms with van der Waals surface area (Å²) in [7, 11) is 0. The number of rotatable bonds is 4. The molecule has 0 radical (unpaired) electrons. The van der Waals surface area contributed by atoms with E-state index in [2.05, 4.69) is 20.3 Å². The summed E-state index contributed by atoms with van der Waals surface area (Å²) in [6, 6.07) is 6.37. The maximum Gasteiger partial charge on any atom is 0.416 e. The fourth-order valence-electron chi connectivity index (χ4n) is 1.82. The van der Waals surface area contributed by atoms with E-state index in [0.717, 1.165) is 18.5 Å². The van der Waals surface area contributed by atoms with Crippen molar-refractivity contribution >= 4 is 18.1 Å². The minimum atomic E-state index is -4.34. The number of benzene rings is 1. The molecule has 1 atom stereocenters. The maximum atomic E-state index is 12.5. The summed E-state index contributed by atoms with van der Waals surface area (Å²) in [5, 5.41) is 3.07. The van der Waals surface area contributed by atoms with Gasteiger partial charge in [-0.15, -0.1) is 0 Å². The van der Waals surface area contributed by atoms with Gasteiger partial charge in [-0.25, -0.2) is 9.98 Å². The van der Waals surface area contributed by atoms with E-state index in [0.29, 0.717) is 11.4 Å². The van der Waals surface area contributed by atoms with Crippen molar-refractivity contribution in [3.05, 3.63) is 47.7 Å². The molecular formula is C14H16F3N5. The van der Waals surface area contributed by atoms with Gasteiger partial charge >= 0.3 is 6.18 Å². The van der Waals surface area contributed by atoms with E-state index >= 15 is 0 Å². The van der Waals surface area contributed by atoms with Gasteiger partial charge in [0.15, 0.2) is 0 Å². The molecule has 8 heteroatoms. The zero-order chi connectivity index (χ0) is 16.2. The molecule has 2 aromatic rings. The Morgan fingerprint density at radius 2 is 1.95 bits per heavy atom. The minimum Gasteiger partial charge on any atom is -0.390 e. The molecule has 5 nitrogen and oxygen atoms in total. The van der Waals surface area contributed by atoms with E-state index in [4.69, 9.17) is 5.73 Å². The summed E-state index contributed by atoms with van der Waals surface area (Å²) in [5.41, 5.74) is 5.20. The molecular weight excluding hydrogens is 295 g/mol. The zero-order valence-electron chi connectivity index (χ0n) is 11.7. The lowest BCUT2D eigenvalue weighted by Gasteiger charge is -2.16. The first-order valence-electron chi connectivity index (χ1n) is 6.41. The third-order valence-corrected chi connectivity index (χ3v) is 2.94. The van der Waals surface area contributed by atoms with Crippen LogP contribution in [0.1, 0.15) is 25.5 Å². The fourth-order valence-corrected chi connectivity index (χ4v) is 1.82. The first-order valence-corrected chi connectivity index (χ1v) is 6.41. The second kappa shape index (κ2) is 6.42. The number of nitrogens with two attached hydrogens (primary N) is 1. The first-order chi connectivity index (χ1) is 10.4. The number of anilines is 1. The van der Waals surface area contributed by atoms with Crippen LogP contribution in [-0.4, -0.2) is 16.3 Å². The van der Waals surface area contributed by atoms with Crippen molar-refractivity contribution in [1.82, 2.24) is 9.97 Å². The van der Waals surface area contributed by atoms with Crippen LogP contribution in [0.15, 0.2) is 41.5 Å². The van der Waals surface area contributed by atoms with Crippen molar-refractivity contribution in [2.45, 2.75) is 19.1 Å². The molecule has 0 saturated carbocycles. The molecule has 0 aliphatic rings. The lowest BCUT2D eigenvalue weighted by Crippen LogP contribution is -2.09. The van der Waals surface area contributed by atoms with Crippen molar-refractivity contribution in [3.63, 3.8) is 0 Å². The quantitative estimate of drug-likeness (QED) is 0.669. The highest BCUT2D eigenvalue weighted by atomic mass is 19.4. The van der Waals surface area contributed by atoms with Crippen LogP contribution in [0.25, 0.3) is 0 Å². The molecule has 3 N–H and O–H groups in total. The summed E-state index contributed by atoms with van der Waals surface area (Å²) in [6.07, 6.45) is -1.74.